The summed E-state index contributed by atoms with van der Waals surface area (Å²) < 4.78 is 5.12. The predicted molar refractivity (Wildman–Crippen MR) is 98.4 cm³/mol. The highest BCUT2D eigenvalue weighted by Crippen LogP contribution is 2.29. The van der Waals surface area contributed by atoms with Gasteiger partial charge >= 0.3 is 0 Å². The normalized spacial score (nSPS) is 13.5. The number of benzene rings is 2. The van der Waals surface area contributed by atoms with Gasteiger partial charge in [-0.3, -0.25) is 4.79 Å². The van der Waals surface area contributed by atoms with Crippen LogP contribution in [0.4, 0.5) is 17.1 Å². The SMILES string of the molecule is COc1ccc(NC(=O)CN2CCCNc3ccccc32)cc1Cl. The van der Waals surface area contributed by atoms with Gasteiger partial charge < -0.3 is 20.3 Å². The van der Waals surface area contributed by atoms with E-state index in [9.17, 15) is 4.79 Å². The van der Waals surface area contributed by atoms with Gasteiger partial charge in [-0.05, 0) is 36.8 Å². The van der Waals surface area contributed by atoms with E-state index in [2.05, 4.69) is 15.5 Å². The Morgan fingerprint density at radius 2 is 2.17 bits per heavy atom. The van der Waals surface area contributed by atoms with Gasteiger partial charge in [0.15, 0.2) is 0 Å². The first-order valence-corrected chi connectivity index (χ1v) is 8.26. The lowest BCUT2D eigenvalue weighted by molar-refractivity contribution is -0.115. The standard InChI is InChI=1S/C18H20ClN3O2/c1-24-17-8-7-13(11-14(17)19)21-18(23)12-22-10-4-9-20-15-5-2-3-6-16(15)22/h2-3,5-8,11,20H,4,9-10,12H2,1H3,(H,21,23). The number of fused-ring (bicyclic) bond motifs is 1. The number of carbonyl (C=O) groups excluding carboxylic acids is 1. The molecule has 0 unspecified atom stereocenters. The van der Waals surface area contributed by atoms with Crippen molar-refractivity contribution in [3.63, 3.8) is 0 Å². The molecule has 0 atom stereocenters. The topological polar surface area (TPSA) is 53.6 Å². The van der Waals surface area contributed by atoms with Gasteiger partial charge in [-0.1, -0.05) is 23.7 Å². The van der Waals surface area contributed by atoms with Crippen LogP contribution in [-0.4, -0.2) is 32.7 Å². The fourth-order valence-electron chi connectivity index (χ4n) is 2.79. The first-order valence-electron chi connectivity index (χ1n) is 7.88. The molecule has 3 rings (SSSR count). The molecule has 0 fully saturated rings. The zero-order valence-corrected chi connectivity index (χ0v) is 14.3. The fourth-order valence-corrected chi connectivity index (χ4v) is 3.05. The van der Waals surface area contributed by atoms with Gasteiger partial charge in [0.2, 0.25) is 5.91 Å². The lowest BCUT2D eigenvalue weighted by Crippen LogP contribution is -2.33. The van der Waals surface area contributed by atoms with Crippen LogP contribution in [0.25, 0.3) is 0 Å². The summed E-state index contributed by atoms with van der Waals surface area (Å²) in [5, 5.41) is 6.76. The van der Waals surface area contributed by atoms with Gasteiger partial charge in [0, 0.05) is 18.8 Å². The number of ether oxygens (including phenoxy) is 1. The molecular formula is C18H20ClN3O2. The maximum absolute atomic E-state index is 12.4. The summed E-state index contributed by atoms with van der Waals surface area (Å²) in [6.45, 7) is 2.03. The highest BCUT2D eigenvalue weighted by atomic mass is 35.5. The number of hydrogen-bond acceptors (Lipinski definition) is 4. The third kappa shape index (κ3) is 3.74. The molecule has 1 heterocycles. The molecule has 0 aromatic heterocycles. The molecule has 2 N–H and O–H groups in total. The van der Waals surface area contributed by atoms with E-state index < -0.39 is 0 Å². The lowest BCUT2D eigenvalue weighted by Gasteiger charge is -2.23. The lowest BCUT2D eigenvalue weighted by atomic mass is 10.2. The Labute approximate surface area is 146 Å². The van der Waals surface area contributed by atoms with Crippen molar-refractivity contribution in [3.8, 4) is 5.75 Å². The second-order valence-electron chi connectivity index (χ2n) is 5.62. The molecule has 0 aliphatic carbocycles. The number of rotatable bonds is 4. The third-order valence-corrected chi connectivity index (χ3v) is 4.23. The molecule has 5 nitrogen and oxygen atoms in total. The molecule has 6 heteroatoms. The molecule has 126 valence electrons. The monoisotopic (exact) mass is 345 g/mol. The fraction of sp³-hybridized carbons (Fsp3) is 0.278. The average Bonchev–Trinajstić information content (AvgIpc) is 2.78. The van der Waals surface area contributed by atoms with Crippen molar-refractivity contribution < 1.29 is 9.53 Å². The van der Waals surface area contributed by atoms with E-state index in [0.29, 0.717) is 23.0 Å². The Morgan fingerprint density at radius 1 is 1.33 bits per heavy atom. The second-order valence-corrected chi connectivity index (χ2v) is 6.02. The van der Waals surface area contributed by atoms with Crippen LogP contribution < -0.4 is 20.3 Å². The van der Waals surface area contributed by atoms with E-state index >= 15 is 0 Å². The third-order valence-electron chi connectivity index (χ3n) is 3.94. The Bertz CT molecular complexity index is 736. The van der Waals surface area contributed by atoms with E-state index in [0.717, 1.165) is 30.9 Å². The molecule has 24 heavy (non-hydrogen) atoms. The predicted octanol–water partition coefficient (Wildman–Crippen LogP) is 3.61. The molecule has 2 aromatic rings. The molecular weight excluding hydrogens is 326 g/mol. The number of amides is 1. The molecule has 1 amide bonds. The largest absolute Gasteiger partial charge is 0.495 e. The van der Waals surface area contributed by atoms with Gasteiger partial charge in [-0.25, -0.2) is 0 Å². The number of nitrogens with one attached hydrogen (secondary N) is 2. The van der Waals surface area contributed by atoms with E-state index in [1.165, 1.54) is 0 Å². The first-order chi connectivity index (χ1) is 11.7. The van der Waals surface area contributed by atoms with Crippen molar-refractivity contribution in [1.29, 1.82) is 0 Å². The number of nitrogens with zero attached hydrogens (tertiary/aromatic N) is 1. The molecule has 0 saturated heterocycles. The maximum Gasteiger partial charge on any atom is 0.243 e. The molecule has 1 aliphatic rings. The van der Waals surface area contributed by atoms with Gasteiger partial charge in [0.05, 0.1) is 30.1 Å². The summed E-state index contributed by atoms with van der Waals surface area (Å²) in [5.74, 6) is 0.509. The average molecular weight is 346 g/mol. The summed E-state index contributed by atoms with van der Waals surface area (Å²) >= 11 is 6.10. The molecule has 0 saturated carbocycles. The second kappa shape index (κ2) is 7.45. The number of hydrogen-bond donors (Lipinski definition) is 2. The highest BCUT2D eigenvalue weighted by Gasteiger charge is 2.17. The van der Waals surface area contributed by atoms with Crippen LogP contribution >= 0.6 is 11.6 Å². The van der Waals surface area contributed by atoms with Crippen LogP contribution in [0.5, 0.6) is 5.75 Å². The van der Waals surface area contributed by atoms with Crippen LogP contribution in [0, 0.1) is 0 Å². The van der Waals surface area contributed by atoms with Crippen LogP contribution in [0.1, 0.15) is 6.42 Å². The van der Waals surface area contributed by atoms with Crippen molar-refractivity contribution in [2.24, 2.45) is 0 Å². The Balaban J connectivity index is 1.70. The van der Waals surface area contributed by atoms with Gasteiger partial charge in [0.25, 0.3) is 0 Å². The van der Waals surface area contributed by atoms with Crippen molar-refractivity contribution in [2.45, 2.75) is 6.42 Å². The maximum atomic E-state index is 12.4. The zero-order valence-electron chi connectivity index (χ0n) is 13.5. The number of para-hydroxylation sites is 2. The number of methoxy groups -OCH3 is 1. The van der Waals surface area contributed by atoms with Crippen molar-refractivity contribution in [1.82, 2.24) is 0 Å². The minimum atomic E-state index is -0.0760. The smallest absolute Gasteiger partial charge is 0.243 e. The van der Waals surface area contributed by atoms with Crippen molar-refractivity contribution >= 4 is 34.6 Å². The van der Waals surface area contributed by atoms with Crippen LogP contribution in [0.15, 0.2) is 42.5 Å². The van der Waals surface area contributed by atoms with Crippen LogP contribution in [0.2, 0.25) is 5.02 Å². The van der Waals surface area contributed by atoms with Crippen molar-refractivity contribution in [2.75, 3.05) is 42.3 Å². The summed E-state index contributed by atoms with van der Waals surface area (Å²) in [7, 11) is 1.56. The summed E-state index contributed by atoms with van der Waals surface area (Å²) in [4.78, 5) is 14.5. The minimum Gasteiger partial charge on any atom is -0.495 e. The van der Waals surface area contributed by atoms with Gasteiger partial charge in [-0.2, -0.15) is 0 Å². The van der Waals surface area contributed by atoms with E-state index in [4.69, 9.17) is 16.3 Å². The number of carbonyl (C=O) groups is 1. The quantitative estimate of drug-likeness (QED) is 0.888. The van der Waals surface area contributed by atoms with Crippen LogP contribution in [0.3, 0.4) is 0 Å². The molecule has 0 bridgehead atoms. The van der Waals surface area contributed by atoms with E-state index in [1.807, 2.05) is 24.3 Å². The Morgan fingerprint density at radius 3 is 2.96 bits per heavy atom. The molecule has 0 spiro atoms. The zero-order chi connectivity index (χ0) is 16.9. The summed E-state index contributed by atoms with van der Waals surface area (Å²) in [6.07, 6.45) is 0.982. The summed E-state index contributed by atoms with van der Waals surface area (Å²) in [6, 6.07) is 13.3. The molecule has 0 radical (unpaired) electrons. The van der Waals surface area contributed by atoms with Gasteiger partial charge in [0.1, 0.15) is 5.75 Å². The Kier molecular flexibility index (Phi) is 5.11. The van der Waals surface area contributed by atoms with Crippen molar-refractivity contribution in [3.05, 3.63) is 47.5 Å². The first kappa shape index (κ1) is 16.5. The van der Waals surface area contributed by atoms with E-state index in [-0.39, 0.29) is 5.91 Å². The Hall–Kier alpha value is -2.40. The summed E-state index contributed by atoms with van der Waals surface area (Å²) in [5.41, 5.74) is 2.78. The molecule has 1 aliphatic heterocycles. The highest BCUT2D eigenvalue weighted by molar-refractivity contribution is 6.32. The van der Waals surface area contributed by atoms with Gasteiger partial charge in [-0.15, -0.1) is 0 Å². The van der Waals surface area contributed by atoms with E-state index in [1.54, 1.807) is 25.3 Å². The van der Waals surface area contributed by atoms with Crippen LogP contribution in [-0.2, 0) is 4.79 Å². The number of halogens is 1. The number of anilines is 3. The minimum absolute atomic E-state index is 0.0760. The molecule has 2 aromatic carbocycles.